The minimum absolute atomic E-state index is 0.0361. The lowest BCUT2D eigenvalue weighted by atomic mass is 9.92. The first-order valence-electron chi connectivity index (χ1n) is 13.4. The zero-order valence-electron chi connectivity index (χ0n) is 21.2. The Morgan fingerprint density at radius 1 is 1.03 bits per heavy atom. The van der Waals surface area contributed by atoms with Crippen molar-refractivity contribution in [2.75, 3.05) is 26.2 Å². The number of aryl methyl sites for hydroxylation is 1. The molecule has 2 aliphatic heterocycles. The molecule has 1 aliphatic carbocycles. The Morgan fingerprint density at radius 2 is 1.78 bits per heavy atom. The van der Waals surface area contributed by atoms with Gasteiger partial charge >= 0.3 is 0 Å². The van der Waals surface area contributed by atoms with Crippen molar-refractivity contribution in [3.05, 3.63) is 75.7 Å². The van der Waals surface area contributed by atoms with Crippen molar-refractivity contribution in [2.45, 2.75) is 63.3 Å². The molecule has 0 bridgehead atoms. The van der Waals surface area contributed by atoms with Crippen LogP contribution in [0.15, 0.2) is 53.4 Å². The minimum Gasteiger partial charge on any atom is -0.351 e. The molecule has 2 unspecified atom stereocenters. The summed E-state index contributed by atoms with van der Waals surface area (Å²) < 4.78 is 0. The molecule has 36 heavy (non-hydrogen) atoms. The van der Waals surface area contributed by atoms with Gasteiger partial charge in [0.1, 0.15) is 0 Å². The monoisotopic (exact) mass is 503 g/mol. The Balaban J connectivity index is 1.27. The molecule has 2 aromatic rings. The van der Waals surface area contributed by atoms with E-state index in [-0.39, 0.29) is 11.8 Å². The van der Waals surface area contributed by atoms with Crippen LogP contribution in [0.1, 0.15) is 65.6 Å². The fraction of sp³-hybridized carbons (Fsp3) is 0.467. The number of carbonyl (C=O) groups is 2. The zero-order chi connectivity index (χ0) is 24.9. The van der Waals surface area contributed by atoms with Crippen molar-refractivity contribution in [1.29, 1.82) is 0 Å². The summed E-state index contributed by atoms with van der Waals surface area (Å²) >= 11 is 1.76. The summed E-state index contributed by atoms with van der Waals surface area (Å²) in [4.78, 5) is 31.6. The lowest BCUT2D eigenvalue weighted by molar-refractivity contribution is -0.130. The summed E-state index contributed by atoms with van der Waals surface area (Å²) in [5.41, 5.74) is 4.08. The van der Waals surface area contributed by atoms with E-state index in [9.17, 15) is 9.59 Å². The zero-order valence-corrected chi connectivity index (χ0v) is 22.1. The molecule has 0 aromatic heterocycles. The van der Waals surface area contributed by atoms with Crippen molar-refractivity contribution in [3.63, 3.8) is 0 Å². The van der Waals surface area contributed by atoms with Gasteiger partial charge in [0.05, 0.1) is 4.91 Å². The second kappa shape index (κ2) is 11.7. The van der Waals surface area contributed by atoms with Gasteiger partial charge < -0.3 is 15.1 Å². The van der Waals surface area contributed by atoms with E-state index in [0.717, 1.165) is 42.9 Å². The molecule has 190 valence electrons. The molecule has 2 heterocycles. The van der Waals surface area contributed by atoms with Gasteiger partial charge in [-0.05, 0) is 80.6 Å². The van der Waals surface area contributed by atoms with Gasteiger partial charge in [-0.15, -0.1) is 11.8 Å². The van der Waals surface area contributed by atoms with E-state index in [0.29, 0.717) is 29.9 Å². The molecule has 2 saturated heterocycles. The maximum atomic E-state index is 13.7. The number of hydrogen-bond donors (Lipinski definition) is 1. The minimum atomic E-state index is -0.0361. The Morgan fingerprint density at radius 3 is 2.56 bits per heavy atom. The van der Waals surface area contributed by atoms with Gasteiger partial charge in [-0.3, -0.25) is 9.59 Å². The van der Waals surface area contributed by atoms with Gasteiger partial charge in [-0.2, -0.15) is 0 Å². The van der Waals surface area contributed by atoms with Crippen LogP contribution in [0, 0.1) is 6.92 Å². The second-order valence-corrected chi connectivity index (χ2v) is 11.6. The third kappa shape index (κ3) is 5.87. The van der Waals surface area contributed by atoms with Crippen LogP contribution in [0.3, 0.4) is 0 Å². The fourth-order valence-electron chi connectivity index (χ4n) is 5.65. The third-order valence-electron chi connectivity index (χ3n) is 7.80. The highest BCUT2D eigenvalue weighted by atomic mass is 32.2. The first-order chi connectivity index (χ1) is 17.6. The Labute approximate surface area is 219 Å². The largest absolute Gasteiger partial charge is 0.351 e. The number of amides is 2. The van der Waals surface area contributed by atoms with Crippen molar-refractivity contribution >= 4 is 29.7 Å². The summed E-state index contributed by atoms with van der Waals surface area (Å²) in [5.74, 6) is 0.0982. The summed E-state index contributed by atoms with van der Waals surface area (Å²) in [7, 11) is 0. The normalized spacial score (nSPS) is 23.6. The molecule has 3 fully saturated rings. The average Bonchev–Trinajstić information content (AvgIpc) is 3.41. The summed E-state index contributed by atoms with van der Waals surface area (Å²) in [6.07, 6.45) is 9.20. The Hall–Kier alpha value is -2.57. The van der Waals surface area contributed by atoms with Crippen molar-refractivity contribution in [2.24, 2.45) is 0 Å². The van der Waals surface area contributed by atoms with Gasteiger partial charge in [0.2, 0.25) is 0 Å². The van der Waals surface area contributed by atoms with Gasteiger partial charge in [-0.25, -0.2) is 0 Å². The van der Waals surface area contributed by atoms with E-state index >= 15 is 0 Å². The molecule has 5 rings (SSSR count). The number of nitrogens with one attached hydrogen (secondary N) is 1. The maximum Gasteiger partial charge on any atom is 0.260 e. The van der Waals surface area contributed by atoms with E-state index < -0.39 is 0 Å². The van der Waals surface area contributed by atoms with Crippen LogP contribution in [-0.4, -0.2) is 59.1 Å². The van der Waals surface area contributed by atoms with Crippen LogP contribution in [0.5, 0.6) is 0 Å². The quantitative estimate of drug-likeness (QED) is 0.525. The predicted octanol–water partition coefficient (Wildman–Crippen LogP) is 5.25. The van der Waals surface area contributed by atoms with Crippen LogP contribution in [0.25, 0.3) is 6.08 Å². The molecule has 3 aliphatic rings. The standard InChI is InChI=1S/C30H37N3O2S/c1-22-8-2-3-9-25(22)21-33-26-10-4-5-11-27(26)36-28(30(33)35)20-23-12-14-24(15-13-23)29(34)31-16-19-32-17-6-7-18-32/h2-3,8-9,12-15,20,26-27H,4-7,10-11,16-19,21H2,1H3,(H,31,34)/b28-20+. The van der Waals surface area contributed by atoms with Crippen LogP contribution >= 0.6 is 11.8 Å². The molecule has 1 saturated carbocycles. The molecule has 2 amide bonds. The lowest BCUT2D eigenvalue weighted by Crippen LogP contribution is -2.50. The second-order valence-electron chi connectivity index (χ2n) is 10.3. The average molecular weight is 504 g/mol. The van der Waals surface area contributed by atoms with E-state index in [1.165, 1.54) is 36.8 Å². The fourth-order valence-corrected chi connectivity index (χ4v) is 7.12. The Kier molecular flexibility index (Phi) is 8.12. The summed E-state index contributed by atoms with van der Waals surface area (Å²) in [6.45, 7) is 6.66. The van der Waals surface area contributed by atoms with Crippen LogP contribution in [0.2, 0.25) is 0 Å². The highest BCUT2D eigenvalue weighted by Crippen LogP contribution is 2.42. The molecule has 0 radical (unpaired) electrons. The van der Waals surface area contributed by atoms with Gasteiger partial charge in [0, 0.05) is 36.5 Å². The highest BCUT2D eigenvalue weighted by Gasteiger charge is 2.40. The number of rotatable bonds is 7. The van der Waals surface area contributed by atoms with Gasteiger partial charge in [0.15, 0.2) is 0 Å². The summed E-state index contributed by atoms with van der Waals surface area (Å²) in [5, 5.41) is 3.49. The number of benzene rings is 2. The number of carbonyl (C=O) groups excluding carboxylic acids is 2. The van der Waals surface area contributed by atoms with Crippen molar-refractivity contribution < 1.29 is 9.59 Å². The molecule has 5 nitrogen and oxygen atoms in total. The van der Waals surface area contributed by atoms with Gasteiger partial charge in [0.25, 0.3) is 11.8 Å². The van der Waals surface area contributed by atoms with Gasteiger partial charge in [-0.1, -0.05) is 49.2 Å². The van der Waals surface area contributed by atoms with Crippen molar-refractivity contribution in [1.82, 2.24) is 15.1 Å². The van der Waals surface area contributed by atoms with E-state index in [4.69, 9.17) is 0 Å². The molecule has 2 aromatic carbocycles. The topological polar surface area (TPSA) is 52.7 Å². The summed E-state index contributed by atoms with van der Waals surface area (Å²) in [6, 6.07) is 16.3. The SMILES string of the molecule is Cc1ccccc1CN1C(=O)/C(=C\c2ccc(C(=O)NCCN3CCCC3)cc2)SC2CCCCC21. The lowest BCUT2D eigenvalue weighted by Gasteiger charge is -2.44. The van der Waals surface area contributed by atoms with E-state index in [1.54, 1.807) is 11.8 Å². The smallest absolute Gasteiger partial charge is 0.260 e. The molecular formula is C30H37N3O2S. The number of fused-ring (bicyclic) bond motifs is 1. The van der Waals surface area contributed by atoms with Crippen LogP contribution in [-0.2, 0) is 11.3 Å². The van der Waals surface area contributed by atoms with E-state index in [2.05, 4.69) is 46.3 Å². The first kappa shape index (κ1) is 25.1. The first-order valence-corrected chi connectivity index (χ1v) is 14.3. The molecule has 1 N–H and O–H groups in total. The number of hydrogen-bond acceptors (Lipinski definition) is 4. The van der Waals surface area contributed by atoms with Crippen molar-refractivity contribution in [3.8, 4) is 0 Å². The predicted molar refractivity (Wildman–Crippen MR) is 148 cm³/mol. The molecular weight excluding hydrogens is 466 g/mol. The molecule has 6 heteroatoms. The highest BCUT2D eigenvalue weighted by molar-refractivity contribution is 8.04. The third-order valence-corrected chi connectivity index (χ3v) is 9.20. The number of thioether (sulfide) groups is 1. The number of likely N-dealkylation sites (tertiary alicyclic amines) is 1. The molecule has 2 atom stereocenters. The van der Waals surface area contributed by atoms with E-state index in [1.807, 2.05) is 30.3 Å². The van der Waals surface area contributed by atoms with Crippen LogP contribution < -0.4 is 5.32 Å². The van der Waals surface area contributed by atoms with Crippen LogP contribution in [0.4, 0.5) is 0 Å². The molecule has 0 spiro atoms. The number of nitrogens with zero attached hydrogens (tertiary/aromatic N) is 2. The maximum absolute atomic E-state index is 13.7. The Bertz CT molecular complexity index is 1110.